The molecule has 2 aliphatic rings. The Morgan fingerprint density at radius 2 is 2.00 bits per heavy atom. The number of ether oxygens (including phenoxy) is 2. The molecule has 5 heteroatoms. The van der Waals surface area contributed by atoms with Gasteiger partial charge in [-0.2, -0.15) is 0 Å². The van der Waals surface area contributed by atoms with Crippen LogP contribution in [-0.4, -0.2) is 49.2 Å². The molecule has 0 bridgehead atoms. The van der Waals surface area contributed by atoms with Crippen LogP contribution in [0, 0.1) is 5.41 Å². The molecule has 2 fully saturated rings. The molecule has 142 valence electrons. The van der Waals surface area contributed by atoms with Gasteiger partial charge in [-0.25, -0.2) is 4.98 Å². The maximum atomic E-state index is 13.2. The minimum atomic E-state index is 0.129. The van der Waals surface area contributed by atoms with Crippen LogP contribution >= 0.6 is 0 Å². The summed E-state index contributed by atoms with van der Waals surface area (Å²) in [6, 6.07) is 11.6. The molecule has 5 nitrogen and oxygen atoms in total. The van der Waals surface area contributed by atoms with E-state index in [4.69, 9.17) is 9.47 Å². The van der Waals surface area contributed by atoms with Gasteiger partial charge in [0.05, 0.1) is 7.11 Å². The fourth-order valence-corrected chi connectivity index (χ4v) is 4.28. The van der Waals surface area contributed by atoms with Crippen molar-refractivity contribution in [3.63, 3.8) is 0 Å². The van der Waals surface area contributed by atoms with Gasteiger partial charge in [0.2, 0.25) is 5.88 Å². The predicted molar refractivity (Wildman–Crippen MR) is 104 cm³/mol. The zero-order valence-corrected chi connectivity index (χ0v) is 15.8. The van der Waals surface area contributed by atoms with Crippen LogP contribution in [0.1, 0.15) is 36.0 Å². The van der Waals surface area contributed by atoms with E-state index >= 15 is 0 Å². The van der Waals surface area contributed by atoms with E-state index in [9.17, 15) is 4.79 Å². The average Bonchev–Trinajstić information content (AvgIpc) is 2.74. The maximum Gasteiger partial charge on any atom is 0.253 e. The molecule has 0 N–H and O–H groups in total. The van der Waals surface area contributed by atoms with Gasteiger partial charge >= 0.3 is 0 Å². The summed E-state index contributed by atoms with van der Waals surface area (Å²) < 4.78 is 10.7. The standard InChI is InChI=1S/C22H26N2O3/c1-26-20-7-6-19(15-23-20)17-4-2-5-18(14-17)21(25)24-11-3-8-22(16-24)9-12-27-13-10-22/h2,4-7,14-15H,3,8-13,16H2,1H3. The van der Waals surface area contributed by atoms with Gasteiger partial charge in [0.1, 0.15) is 0 Å². The molecule has 1 spiro atoms. The van der Waals surface area contributed by atoms with Crippen LogP contribution in [-0.2, 0) is 4.74 Å². The normalized spacial score (nSPS) is 19.1. The summed E-state index contributed by atoms with van der Waals surface area (Å²) in [6.45, 7) is 3.34. The van der Waals surface area contributed by atoms with Gasteiger partial charge in [-0.1, -0.05) is 12.1 Å². The molecule has 2 saturated heterocycles. The molecular weight excluding hydrogens is 340 g/mol. The number of benzene rings is 1. The minimum Gasteiger partial charge on any atom is -0.481 e. The van der Waals surface area contributed by atoms with Gasteiger partial charge in [-0.15, -0.1) is 0 Å². The van der Waals surface area contributed by atoms with Gasteiger partial charge in [-0.3, -0.25) is 4.79 Å². The third-order valence-electron chi connectivity index (χ3n) is 5.89. The molecule has 1 aromatic carbocycles. The number of methoxy groups -OCH3 is 1. The third-order valence-corrected chi connectivity index (χ3v) is 5.89. The number of likely N-dealkylation sites (tertiary alicyclic amines) is 1. The van der Waals surface area contributed by atoms with Gasteiger partial charge in [0.15, 0.2) is 0 Å². The van der Waals surface area contributed by atoms with Crippen LogP contribution < -0.4 is 4.74 Å². The first-order valence-corrected chi connectivity index (χ1v) is 9.67. The first-order valence-electron chi connectivity index (χ1n) is 9.67. The van der Waals surface area contributed by atoms with Crippen molar-refractivity contribution in [2.75, 3.05) is 33.4 Å². The summed E-state index contributed by atoms with van der Waals surface area (Å²) in [6.07, 6.45) is 6.19. The van der Waals surface area contributed by atoms with Gasteiger partial charge in [-0.05, 0) is 54.9 Å². The van der Waals surface area contributed by atoms with E-state index in [0.717, 1.165) is 62.3 Å². The second-order valence-electron chi connectivity index (χ2n) is 7.61. The number of pyridine rings is 1. The highest BCUT2D eigenvalue weighted by molar-refractivity contribution is 5.95. The van der Waals surface area contributed by atoms with Crippen LogP contribution in [0.2, 0.25) is 0 Å². The van der Waals surface area contributed by atoms with Crippen molar-refractivity contribution >= 4 is 5.91 Å². The van der Waals surface area contributed by atoms with Crippen molar-refractivity contribution in [2.45, 2.75) is 25.7 Å². The fourth-order valence-electron chi connectivity index (χ4n) is 4.28. The Labute approximate surface area is 160 Å². The number of carbonyl (C=O) groups is 1. The van der Waals surface area contributed by atoms with Crippen molar-refractivity contribution in [1.29, 1.82) is 0 Å². The van der Waals surface area contributed by atoms with E-state index in [2.05, 4.69) is 4.98 Å². The summed E-state index contributed by atoms with van der Waals surface area (Å²) in [5.41, 5.74) is 2.97. The molecule has 0 aliphatic carbocycles. The number of hydrogen-bond donors (Lipinski definition) is 0. The Morgan fingerprint density at radius 1 is 1.15 bits per heavy atom. The van der Waals surface area contributed by atoms with E-state index in [-0.39, 0.29) is 11.3 Å². The monoisotopic (exact) mass is 366 g/mol. The lowest BCUT2D eigenvalue weighted by Crippen LogP contribution is -2.48. The van der Waals surface area contributed by atoms with Crippen molar-refractivity contribution in [1.82, 2.24) is 9.88 Å². The molecule has 0 saturated carbocycles. The SMILES string of the molecule is COc1ccc(-c2cccc(C(=O)N3CCCC4(CCOCC4)C3)c2)cn1. The summed E-state index contributed by atoms with van der Waals surface area (Å²) in [7, 11) is 1.60. The Bertz CT molecular complexity index is 792. The van der Waals surface area contributed by atoms with Crippen LogP contribution in [0.25, 0.3) is 11.1 Å². The summed E-state index contributed by atoms with van der Waals surface area (Å²) >= 11 is 0. The Balaban J connectivity index is 1.53. The highest BCUT2D eigenvalue weighted by Crippen LogP contribution is 2.39. The number of amides is 1. The van der Waals surface area contributed by atoms with E-state index < -0.39 is 0 Å². The number of aromatic nitrogens is 1. The first kappa shape index (κ1) is 18.0. The third kappa shape index (κ3) is 3.83. The lowest BCUT2D eigenvalue weighted by molar-refractivity contribution is -0.0229. The second kappa shape index (κ2) is 7.69. The van der Waals surface area contributed by atoms with E-state index in [1.807, 2.05) is 41.3 Å². The van der Waals surface area contributed by atoms with Crippen molar-refractivity contribution in [3.05, 3.63) is 48.2 Å². The fraction of sp³-hybridized carbons (Fsp3) is 0.455. The summed E-state index contributed by atoms with van der Waals surface area (Å²) in [4.78, 5) is 19.5. The summed E-state index contributed by atoms with van der Waals surface area (Å²) in [5, 5.41) is 0. The van der Waals surface area contributed by atoms with Crippen LogP contribution in [0.3, 0.4) is 0 Å². The first-order chi connectivity index (χ1) is 13.2. The smallest absolute Gasteiger partial charge is 0.253 e. The van der Waals surface area contributed by atoms with E-state index in [1.165, 1.54) is 6.42 Å². The lowest BCUT2D eigenvalue weighted by Gasteiger charge is -2.45. The van der Waals surface area contributed by atoms with Gasteiger partial charge in [0.25, 0.3) is 5.91 Å². The zero-order chi connectivity index (χ0) is 18.7. The molecule has 0 radical (unpaired) electrons. The number of rotatable bonds is 3. The summed E-state index contributed by atoms with van der Waals surface area (Å²) in [5.74, 6) is 0.713. The molecule has 0 unspecified atom stereocenters. The number of piperidine rings is 1. The molecule has 2 aromatic rings. The highest BCUT2D eigenvalue weighted by Gasteiger charge is 2.38. The largest absolute Gasteiger partial charge is 0.481 e. The number of carbonyl (C=O) groups excluding carboxylic acids is 1. The van der Waals surface area contributed by atoms with Crippen molar-refractivity contribution in [2.24, 2.45) is 5.41 Å². The average molecular weight is 366 g/mol. The quantitative estimate of drug-likeness (QED) is 0.829. The molecule has 1 amide bonds. The molecule has 3 heterocycles. The zero-order valence-electron chi connectivity index (χ0n) is 15.8. The second-order valence-corrected chi connectivity index (χ2v) is 7.61. The van der Waals surface area contributed by atoms with Crippen LogP contribution in [0.15, 0.2) is 42.6 Å². The molecule has 0 atom stereocenters. The van der Waals surface area contributed by atoms with Crippen molar-refractivity contribution < 1.29 is 14.3 Å². The highest BCUT2D eigenvalue weighted by atomic mass is 16.5. The molecule has 27 heavy (non-hydrogen) atoms. The molecule has 4 rings (SSSR count). The Hall–Kier alpha value is -2.40. The van der Waals surface area contributed by atoms with E-state index in [1.54, 1.807) is 13.3 Å². The molecular formula is C22H26N2O3. The topological polar surface area (TPSA) is 51.7 Å². The lowest BCUT2D eigenvalue weighted by atomic mass is 9.74. The van der Waals surface area contributed by atoms with Gasteiger partial charge < -0.3 is 14.4 Å². The number of nitrogens with zero attached hydrogens (tertiary/aromatic N) is 2. The van der Waals surface area contributed by atoms with Crippen molar-refractivity contribution in [3.8, 4) is 17.0 Å². The minimum absolute atomic E-state index is 0.129. The molecule has 2 aliphatic heterocycles. The number of hydrogen-bond acceptors (Lipinski definition) is 4. The van der Waals surface area contributed by atoms with Crippen LogP contribution in [0.5, 0.6) is 5.88 Å². The molecule has 1 aromatic heterocycles. The van der Waals surface area contributed by atoms with Gasteiger partial charge in [0, 0.05) is 49.7 Å². The van der Waals surface area contributed by atoms with E-state index in [0.29, 0.717) is 5.88 Å². The van der Waals surface area contributed by atoms with Crippen LogP contribution in [0.4, 0.5) is 0 Å². The Morgan fingerprint density at radius 3 is 2.74 bits per heavy atom. The predicted octanol–water partition coefficient (Wildman–Crippen LogP) is 3.79. The maximum absolute atomic E-state index is 13.2. The Kier molecular flexibility index (Phi) is 5.12.